The molecule has 5 nitrogen and oxygen atoms in total. The standard InChI is InChI=1S/C19H30F3N3O2S/c1-13-14-11-25(18(2)5-6-18)12-24(8-7-19(20,21)22)17(14)28-15(13)9-23-10-16(26-3)27-4/h16,23H,5-12H2,1-4H3. The topological polar surface area (TPSA) is 37.0 Å². The van der Waals surface area contributed by atoms with E-state index in [-0.39, 0.29) is 18.4 Å². The molecule has 28 heavy (non-hydrogen) atoms. The van der Waals surface area contributed by atoms with Crippen LogP contribution in [0.4, 0.5) is 18.2 Å². The highest BCUT2D eigenvalue weighted by Crippen LogP contribution is 2.47. The molecule has 2 heterocycles. The van der Waals surface area contributed by atoms with Crippen LogP contribution in [0.2, 0.25) is 0 Å². The maximum absolute atomic E-state index is 12.9. The molecule has 0 amide bonds. The highest BCUT2D eigenvalue weighted by atomic mass is 32.1. The molecule has 0 unspecified atom stereocenters. The second-order valence-corrected chi connectivity index (χ2v) is 9.01. The Bertz CT molecular complexity index is 672. The van der Waals surface area contributed by atoms with Crippen LogP contribution >= 0.6 is 11.3 Å². The minimum atomic E-state index is -4.14. The summed E-state index contributed by atoms with van der Waals surface area (Å²) in [6.07, 6.45) is -3.02. The van der Waals surface area contributed by atoms with Gasteiger partial charge in [-0.15, -0.1) is 11.3 Å². The Labute approximate surface area is 168 Å². The van der Waals surface area contributed by atoms with Crippen molar-refractivity contribution in [3.05, 3.63) is 16.0 Å². The van der Waals surface area contributed by atoms with Crippen LogP contribution in [0.15, 0.2) is 0 Å². The van der Waals surface area contributed by atoms with Gasteiger partial charge in [-0.2, -0.15) is 13.2 Å². The zero-order chi connectivity index (χ0) is 20.5. The van der Waals surface area contributed by atoms with E-state index < -0.39 is 12.6 Å². The number of methoxy groups -OCH3 is 2. The van der Waals surface area contributed by atoms with E-state index in [9.17, 15) is 13.2 Å². The van der Waals surface area contributed by atoms with Crippen LogP contribution in [0.1, 0.15) is 42.2 Å². The first-order chi connectivity index (χ1) is 13.2. The van der Waals surface area contributed by atoms with Gasteiger partial charge in [-0.3, -0.25) is 4.90 Å². The maximum Gasteiger partial charge on any atom is 0.390 e. The number of nitrogens with zero attached hydrogens (tertiary/aromatic N) is 2. The van der Waals surface area contributed by atoms with Gasteiger partial charge in [0.25, 0.3) is 0 Å². The van der Waals surface area contributed by atoms with Crippen molar-refractivity contribution in [3.63, 3.8) is 0 Å². The Kier molecular flexibility index (Phi) is 6.61. The molecule has 0 atom stereocenters. The summed E-state index contributed by atoms with van der Waals surface area (Å²) in [7, 11) is 3.19. The minimum Gasteiger partial charge on any atom is -0.355 e. The number of nitrogens with one attached hydrogen (secondary N) is 1. The SMILES string of the molecule is COC(CNCc1sc2c(c1C)CN(C1(C)CC1)CN2CCC(F)(F)F)OC. The van der Waals surface area contributed by atoms with Crippen molar-refractivity contribution in [1.29, 1.82) is 0 Å². The summed E-state index contributed by atoms with van der Waals surface area (Å²) in [5.74, 6) is 0. The highest BCUT2D eigenvalue weighted by Gasteiger charge is 2.46. The number of fused-ring (bicyclic) bond motifs is 1. The summed E-state index contributed by atoms with van der Waals surface area (Å²) in [5, 5.41) is 4.32. The summed E-state index contributed by atoms with van der Waals surface area (Å²) in [5.41, 5.74) is 2.49. The lowest BCUT2D eigenvalue weighted by Gasteiger charge is -2.40. The van der Waals surface area contributed by atoms with Gasteiger partial charge in [-0.25, -0.2) is 0 Å². The van der Waals surface area contributed by atoms with Crippen LogP contribution < -0.4 is 10.2 Å². The van der Waals surface area contributed by atoms with E-state index in [1.807, 2.05) is 4.90 Å². The van der Waals surface area contributed by atoms with E-state index in [4.69, 9.17) is 9.47 Å². The molecule has 2 aliphatic rings. The molecule has 1 aromatic rings. The molecule has 1 saturated carbocycles. The molecule has 0 aromatic carbocycles. The fourth-order valence-electron chi connectivity index (χ4n) is 3.56. The van der Waals surface area contributed by atoms with Gasteiger partial charge in [0.2, 0.25) is 0 Å². The zero-order valence-electron chi connectivity index (χ0n) is 17.0. The van der Waals surface area contributed by atoms with Crippen molar-refractivity contribution < 1.29 is 22.6 Å². The average Bonchev–Trinajstić information content (AvgIpc) is 3.32. The summed E-state index contributed by atoms with van der Waals surface area (Å²) < 4.78 is 48.9. The van der Waals surface area contributed by atoms with Gasteiger partial charge in [0.05, 0.1) is 18.1 Å². The third kappa shape index (κ3) is 4.99. The Morgan fingerprint density at radius 3 is 2.50 bits per heavy atom. The largest absolute Gasteiger partial charge is 0.390 e. The van der Waals surface area contributed by atoms with Gasteiger partial charge < -0.3 is 19.7 Å². The quantitative estimate of drug-likeness (QED) is 0.613. The Morgan fingerprint density at radius 1 is 1.25 bits per heavy atom. The molecule has 1 fully saturated rings. The maximum atomic E-state index is 12.9. The van der Waals surface area contributed by atoms with Crippen molar-refractivity contribution in [2.75, 3.05) is 38.9 Å². The second-order valence-electron chi connectivity index (χ2n) is 7.93. The number of anilines is 1. The lowest BCUT2D eigenvalue weighted by Crippen LogP contribution is -2.47. The van der Waals surface area contributed by atoms with Gasteiger partial charge in [0.15, 0.2) is 6.29 Å². The van der Waals surface area contributed by atoms with Gasteiger partial charge in [-0.1, -0.05) is 0 Å². The van der Waals surface area contributed by atoms with Gasteiger partial charge >= 0.3 is 6.18 Å². The predicted molar refractivity (Wildman–Crippen MR) is 105 cm³/mol. The number of halogens is 3. The molecular formula is C19H30F3N3O2S. The molecule has 1 N–H and O–H groups in total. The summed E-state index contributed by atoms with van der Waals surface area (Å²) in [6, 6.07) is 0. The fourth-order valence-corrected chi connectivity index (χ4v) is 4.87. The van der Waals surface area contributed by atoms with Crippen LogP contribution in [-0.4, -0.2) is 56.9 Å². The van der Waals surface area contributed by atoms with Crippen LogP contribution in [0, 0.1) is 6.92 Å². The minimum absolute atomic E-state index is 0.00528. The summed E-state index contributed by atoms with van der Waals surface area (Å²) in [6.45, 7) is 6.88. The molecule has 0 spiro atoms. The van der Waals surface area contributed by atoms with Crippen LogP contribution in [-0.2, 0) is 22.6 Å². The number of hydrogen-bond donors (Lipinski definition) is 1. The Hall–Kier alpha value is -0.870. The highest BCUT2D eigenvalue weighted by molar-refractivity contribution is 7.16. The van der Waals surface area contributed by atoms with E-state index in [2.05, 4.69) is 24.1 Å². The van der Waals surface area contributed by atoms with E-state index in [0.717, 1.165) is 29.3 Å². The molecule has 3 rings (SSSR count). The average molecular weight is 422 g/mol. The first kappa shape index (κ1) is 21.8. The van der Waals surface area contributed by atoms with Crippen LogP contribution in [0.3, 0.4) is 0 Å². The van der Waals surface area contributed by atoms with Crippen molar-refractivity contribution in [1.82, 2.24) is 10.2 Å². The third-order valence-corrected chi connectivity index (χ3v) is 7.25. The van der Waals surface area contributed by atoms with Gasteiger partial charge in [0.1, 0.15) is 0 Å². The van der Waals surface area contributed by atoms with Crippen molar-refractivity contribution in [2.24, 2.45) is 0 Å². The number of rotatable bonds is 9. The lowest BCUT2D eigenvalue weighted by molar-refractivity contribution is -0.132. The fraction of sp³-hybridized carbons (Fsp3) is 0.789. The van der Waals surface area contributed by atoms with Gasteiger partial charge in [0, 0.05) is 56.4 Å². The van der Waals surface area contributed by atoms with Crippen LogP contribution in [0.5, 0.6) is 0 Å². The molecule has 1 aliphatic carbocycles. The van der Waals surface area contributed by atoms with Crippen molar-refractivity contribution in [3.8, 4) is 0 Å². The smallest absolute Gasteiger partial charge is 0.355 e. The molecule has 9 heteroatoms. The summed E-state index contributed by atoms with van der Waals surface area (Å²) in [4.78, 5) is 5.43. The lowest BCUT2D eigenvalue weighted by atomic mass is 10.1. The normalized spacial score (nSPS) is 19.4. The molecule has 0 saturated heterocycles. The monoisotopic (exact) mass is 421 g/mol. The van der Waals surface area contributed by atoms with E-state index >= 15 is 0 Å². The summed E-state index contributed by atoms with van der Waals surface area (Å²) >= 11 is 1.61. The molecule has 160 valence electrons. The Morgan fingerprint density at radius 2 is 1.93 bits per heavy atom. The van der Waals surface area contributed by atoms with Crippen molar-refractivity contribution in [2.45, 2.75) is 64.2 Å². The van der Waals surface area contributed by atoms with E-state index in [0.29, 0.717) is 19.8 Å². The zero-order valence-corrected chi connectivity index (χ0v) is 17.8. The number of ether oxygens (including phenoxy) is 2. The van der Waals surface area contributed by atoms with Crippen molar-refractivity contribution >= 4 is 16.3 Å². The number of thiophene rings is 1. The second kappa shape index (κ2) is 8.47. The van der Waals surface area contributed by atoms with E-state index in [1.54, 1.807) is 25.6 Å². The first-order valence-corrected chi connectivity index (χ1v) is 10.4. The Balaban J connectivity index is 1.75. The third-order valence-electron chi connectivity index (χ3n) is 5.85. The number of hydrogen-bond acceptors (Lipinski definition) is 6. The first-order valence-electron chi connectivity index (χ1n) is 9.61. The molecule has 1 aromatic heterocycles. The van der Waals surface area contributed by atoms with Crippen LogP contribution in [0.25, 0.3) is 0 Å². The molecule has 0 radical (unpaired) electrons. The van der Waals surface area contributed by atoms with E-state index in [1.165, 1.54) is 11.1 Å². The predicted octanol–water partition coefficient (Wildman–Crippen LogP) is 3.85. The molecular weight excluding hydrogens is 391 g/mol. The molecule has 0 bridgehead atoms. The number of alkyl halides is 3. The van der Waals surface area contributed by atoms with Gasteiger partial charge in [-0.05, 0) is 32.3 Å². The molecule has 1 aliphatic heterocycles.